The van der Waals surface area contributed by atoms with Crippen molar-refractivity contribution in [1.82, 2.24) is 19.8 Å². The molecule has 0 radical (unpaired) electrons. The smallest absolute Gasteiger partial charge is 0.274 e. The molecule has 1 aromatic heterocycles. The van der Waals surface area contributed by atoms with Crippen LogP contribution < -0.4 is 0 Å². The SMILES string of the molecule is CC1(C)CN(C2CCN(C(=O)c3cnccn3)CC2)C[C@H]1c1ccccc1. The number of hydrogen-bond donors (Lipinski definition) is 0. The van der Waals surface area contributed by atoms with Crippen molar-refractivity contribution in [2.45, 2.75) is 38.6 Å². The van der Waals surface area contributed by atoms with E-state index in [4.69, 9.17) is 0 Å². The Morgan fingerprint density at radius 2 is 1.85 bits per heavy atom. The molecule has 5 nitrogen and oxygen atoms in total. The largest absolute Gasteiger partial charge is 0.337 e. The normalized spacial score (nSPS) is 23.5. The summed E-state index contributed by atoms with van der Waals surface area (Å²) in [6.07, 6.45) is 6.80. The van der Waals surface area contributed by atoms with Gasteiger partial charge in [0.2, 0.25) is 0 Å². The first-order valence-corrected chi connectivity index (χ1v) is 9.89. The van der Waals surface area contributed by atoms with Crippen LogP contribution >= 0.6 is 0 Å². The lowest BCUT2D eigenvalue weighted by molar-refractivity contribution is 0.0629. The van der Waals surface area contributed by atoms with Gasteiger partial charge in [-0.15, -0.1) is 0 Å². The van der Waals surface area contributed by atoms with Crippen molar-refractivity contribution >= 4 is 5.91 Å². The molecule has 142 valence electrons. The van der Waals surface area contributed by atoms with Crippen molar-refractivity contribution in [2.24, 2.45) is 5.41 Å². The highest BCUT2D eigenvalue weighted by molar-refractivity contribution is 5.92. The van der Waals surface area contributed by atoms with Gasteiger partial charge in [0.1, 0.15) is 5.69 Å². The van der Waals surface area contributed by atoms with Crippen molar-refractivity contribution in [2.75, 3.05) is 26.2 Å². The predicted octanol–water partition coefficient (Wildman–Crippen LogP) is 3.21. The number of carbonyl (C=O) groups excluding carboxylic acids is 1. The molecular formula is C22H28N4O. The summed E-state index contributed by atoms with van der Waals surface area (Å²) in [6.45, 7) is 8.60. The average molecular weight is 364 g/mol. The van der Waals surface area contributed by atoms with Crippen LogP contribution in [0.15, 0.2) is 48.9 Å². The number of nitrogens with zero attached hydrogens (tertiary/aromatic N) is 4. The van der Waals surface area contributed by atoms with E-state index in [9.17, 15) is 4.79 Å². The van der Waals surface area contributed by atoms with Crippen molar-refractivity contribution in [3.05, 3.63) is 60.2 Å². The van der Waals surface area contributed by atoms with Crippen molar-refractivity contribution in [1.29, 1.82) is 0 Å². The number of likely N-dealkylation sites (tertiary alicyclic amines) is 2. The van der Waals surface area contributed by atoms with Crippen LogP contribution in [-0.2, 0) is 0 Å². The molecule has 4 rings (SSSR count). The summed E-state index contributed by atoms with van der Waals surface area (Å²) in [5.74, 6) is 0.573. The number of hydrogen-bond acceptors (Lipinski definition) is 4. The summed E-state index contributed by atoms with van der Waals surface area (Å²) in [5.41, 5.74) is 2.16. The van der Waals surface area contributed by atoms with Gasteiger partial charge in [-0.2, -0.15) is 0 Å². The standard InChI is InChI=1S/C22H28N4O/c1-22(2)16-26(15-19(22)17-6-4-3-5-7-17)18-8-12-25(13-9-18)21(27)20-14-23-10-11-24-20/h3-7,10-11,14,18-19H,8-9,12-13,15-16H2,1-2H3/t19-/m0/s1. The van der Waals surface area contributed by atoms with E-state index in [-0.39, 0.29) is 11.3 Å². The van der Waals surface area contributed by atoms with Gasteiger partial charge < -0.3 is 4.90 Å². The van der Waals surface area contributed by atoms with Crippen LogP contribution in [0.4, 0.5) is 0 Å². The van der Waals surface area contributed by atoms with E-state index in [0.29, 0.717) is 17.7 Å². The van der Waals surface area contributed by atoms with Crippen LogP contribution in [0.5, 0.6) is 0 Å². The second-order valence-electron chi connectivity index (χ2n) is 8.50. The molecule has 2 aliphatic rings. The molecular weight excluding hydrogens is 336 g/mol. The number of rotatable bonds is 3. The molecule has 3 heterocycles. The monoisotopic (exact) mass is 364 g/mol. The van der Waals surface area contributed by atoms with Gasteiger partial charge in [-0.3, -0.25) is 14.7 Å². The summed E-state index contributed by atoms with van der Waals surface area (Å²) in [4.78, 5) is 25.3. The quantitative estimate of drug-likeness (QED) is 0.839. The average Bonchev–Trinajstić information content (AvgIpc) is 3.04. The molecule has 0 unspecified atom stereocenters. The number of aromatic nitrogens is 2. The van der Waals surface area contributed by atoms with E-state index < -0.39 is 0 Å². The molecule has 1 amide bonds. The Labute approximate surface area is 161 Å². The Hall–Kier alpha value is -2.27. The van der Waals surface area contributed by atoms with Gasteiger partial charge in [-0.05, 0) is 23.8 Å². The lowest BCUT2D eigenvalue weighted by Crippen LogP contribution is -2.46. The highest BCUT2D eigenvalue weighted by atomic mass is 16.2. The number of piperidine rings is 1. The Balaban J connectivity index is 1.38. The van der Waals surface area contributed by atoms with Crippen LogP contribution in [0, 0.1) is 5.41 Å². The Bertz CT molecular complexity index is 769. The van der Waals surface area contributed by atoms with E-state index in [1.54, 1.807) is 18.6 Å². The molecule has 0 spiro atoms. The van der Waals surface area contributed by atoms with Gasteiger partial charge in [0.15, 0.2) is 0 Å². The highest BCUT2D eigenvalue weighted by Gasteiger charge is 2.43. The maximum atomic E-state index is 12.6. The fourth-order valence-electron chi connectivity index (χ4n) is 4.71. The zero-order valence-corrected chi connectivity index (χ0v) is 16.2. The fourth-order valence-corrected chi connectivity index (χ4v) is 4.71. The fraction of sp³-hybridized carbons (Fsp3) is 0.500. The minimum Gasteiger partial charge on any atom is -0.337 e. The Morgan fingerprint density at radius 3 is 2.52 bits per heavy atom. The van der Waals surface area contributed by atoms with Crippen LogP contribution in [-0.4, -0.2) is 57.9 Å². The molecule has 2 fully saturated rings. The zero-order valence-electron chi connectivity index (χ0n) is 16.2. The van der Waals surface area contributed by atoms with Crippen molar-refractivity contribution < 1.29 is 4.79 Å². The van der Waals surface area contributed by atoms with Crippen LogP contribution in [0.25, 0.3) is 0 Å². The van der Waals surface area contributed by atoms with E-state index in [1.807, 2.05) is 4.90 Å². The van der Waals surface area contributed by atoms with Gasteiger partial charge in [-0.25, -0.2) is 4.98 Å². The second kappa shape index (κ2) is 7.39. The zero-order chi connectivity index (χ0) is 18.9. The third-order valence-electron chi connectivity index (χ3n) is 6.22. The first kappa shape index (κ1) is 18.1. The second-order valence-corrected chi connectivity index (χ2v) is 8.50. The number of amides is 1. The molecule has 2 saturated heterocycles. The van der Waals surface area contributed by atoms with Crippen molar-refractivity contribution in [3.63, 3.8) is 0 Å². The summed E-state index contributed by atoms with van der Waals surface area (Å²) in [7, 11) is 0. The first-order chi connectivity index (χ1) is 13.0. The van der Waals surface area contributed by atoms with Gasteiger partial charge in [0.05, 0.1) is 6.20 Å². The predicted molar refractivity (Wildman–Crippen MR) is 105 cm³/mol. The lowest BCUT2D eigenvalue weighted by Gasteiger charge is -2.37. The minimum atomic E-state index is 0.00506. The van der Waals surface area contributed by atoms with Gasteiger partial charge >= 0.3 is 0 Å². The van der Waals surface area contributed by atoms with Gasteiger partial charge in [0.25, 0.3) is 5.91 Å². The maximum Gasteiger partial charge on any atom is 0.274 e. The van der Waals surface area contributed by atoms with Gasteiger partial charge in [0, 0.05) is 50.5 Å². The minimum absolute atomic E-state index is 0.00506. The summed E-state index contributed by atoms with van der Waals surface area (Å²) >= 11 is 0. The molecule has 5 heteroatoms. The Kier molecular flexibility index (Phi) is 4.96. The first-order valence-electron chi connectivity index (χ1n) is 9.89. The lowest BCUT2D eigenvalue weighted by atomic mass is 9.78. The molecule has 0 saturated carbocycles. The van der Waals surface area contributed by atoms with Crippen LogP contribution in [0.2, 0.25) is 0 Å². The molecule has 2 aromatic rings. The van der Waals surface area contributed by atoms with Crippen molar-refractivity contribution in [3.8, 4) is 0 Å². The van der Waals surface area contributed by atoms with E-state index in [0.717, 1.165) is 39.0 Å². The molecule has 27 heavy (non-hydrogen) atoms. The topological polar surface area (TPSA) is 49.3 Å². The molecule has 0 N–H and O–H groups in total. The molecule has 0 bridgehead atoms. The van der Waals surface area contributed by atoms with E-state index in [2.05, 4.69) is 59.0 Å². The van der Waals surface area contributed by atoms with Crippen LogP contribution in [0.3, 0.4) is 0 Å². The Morgan fingerprint density at radius 1 is 1.11 bits per heavy atom. The number of benzene rings is 1. The number of carbonyl (C=O) groups is 1. The molecule has 1 atom stereocenters. The van der Waals surface area contributed by atoms with Gasteiger partial charge in [-0.1, -0.05) is 44.2 Å². The summed E-state index contributed by atoms with van der Waals surface area (Å²) in [5, 5.41) is 0. The highest BCUT2D eigenvalue weighted by Crippen LogP contribution is 2.43. The third kappa shape index (κ3) is 3.74. The molecule has 1 aromatic carbocycles. The summed E-state index contributed by atoms with van der Waals surface area (Å²) in [6, 6.07) is 11.5. The molecule has 2 aliphatic heterocycles. The van der Waals surface area contributed by atoms with Crippen LogP contribution in [0.1, 0.15) is 48.7 Å². The third-order valence-corrected chi connectivity index (χ3v) is 6.22. The molecule has 0 aliphatic carbocycles. The maximum absolute atomic E-state index is 12.6. The van der Waals surface area contributed by atoms with E-state index >= 15 is 0 Å². The van der Waals surface area contributed by atoms with E-state index in [1.165, 1.54) is 5.56 Å². The summed E-state index contributed by atoms with van der Waals surface area (Å²) < 4.78 is 0.